The van der Waals surface area contributed by atoms with Gasteiger partial charge in [-0.25, -0.2) is 4.79 Å². The lowest BCUT2D eigenvalue weighted by molar-refractivity contribution is -0.125. The minimum absolute atomic E-state index is 0.273. The van der Waals surface area contributed by atoms with Crippen molar-refractivity contribution in [2.45, 2.75) is 15.9 Å². The summed E-state index contributed by atoms with van der Waals surface area (Å²) in [7, 11) is 0. The van der Waals surface area contributed by atoms with Gasteiger partial charge in [0.25, 0.3) is 5.91 Å². The van der Waals surface area contributed by atoms with E-state index in [-0.39, 0.29) is 5.56 Å². The van der Waals surface area contributed by atoms with Crippen LogP contribution in [0.2, 0.25) is 10.0 Å². The van der Waals surface area contributed by atoms with Gasteiger partial charge in [-0.15, -0.1) is 0 Å². The summed E-state index contributed by atoms with van der Waals surface area (Å²) in [6.45, 7) is 0. The number of nitrogens with one attached hydrogen (secondary N) is 1. The molecule has 1 amide bonds. The van der Waals surface area contributed by atoms with Gasteiger partial charge in [-0.3, -0.25) is 4.79 Å². The van der Waals surface area contributed by atoms with E-state index in [9.17, 15) is 14.9 Å². The topological polar surface area (TPSA) is 79.2 Å². The molecule has 0 spiro atoms. The molecule has 4 aromatic carbocycles. The summed E-state index contributed by atoms with van der Waals surface area (Å²) < 4.78 is 5.76. The van der Waals surface area contributed by atoms with E-state index in [0.29, 0.717) is 36.7 Å². The van der Waals surface area contributed by atoms with Gasteiger partial charge in [0.2, 0.25) is 6.10 Å². The van der Waals surface area contributed by atoms with E-state index in [0.717, 1.165) is 0 Å². The van der Waals surface area contributed by atoms with E-state index in [1.54, 1.807) is 84.9 Å². The third-order valence-corrected chi connectivity index (χ3v) is 6.62. The molecule has 0 aliphatic heterocycles. The molecule has 1 atom stereocenters. The van der Waals surface area contributed by atoms with Crippen LogP contribution >= 0.6 is 35.0 Å². The number of carbonyl (C=O) groups is 2. The molecular weight excluding hydrogens is 515 g/mol. The fourth-order valence-corrected chi connectivity index (χ4v) is 4.94. The van der Waals surface area contributed by atoms with Gasteiger partial charge >= 0.3 is 5.97 Å². The van der Waals surface area contributed by atoms with Crippen LogP contribution in [0.25, 0.3) is 0 Å². The molecule has 4 aromatic rings. The number of carbonyl (C=O) groups excluding carboxylic acids is 2. The average molecular weight is 533 g/mol. The molecule has 0 heterocycles. The SMILES string of the molecule is N#Cc1ccccc1Sc1ccccc1C(=O)OC(C(=O)Nc1cc(Cl)cc(Cl)c1)c1ccccc1. The van der Waals surface area contributed by atoms with Gasteiger partial charge in [-0.2, -0.15) is 5.26 Å². The van der Waals surface area contributed by atoms with Crippen molar-refractivity contribution in [2.75, 3.05) is 5.32 Å². The summed E-state index contributed by atoms with van der Waals surface area (Å²) in [6.07, 6.45) is -1.24. The van der Waals surface area contributed by atoms with Crippen molar-refractivity contribution in [3.63, 3.8) is 0 Å². The number of rotatable bonds is 7. The maximum atomic E-state index is 13.3. The van der Waals surface area contributed by atoms with Crippen molar-refractivity contribution in [1.29, 1.82) is 5.26 Å². The summed E-state index contributed by atoms with van der Waals surface area (Å²) >= 11 is 13.4. The lowest BCUT2D eigenvalue weighted by Gasteiger charge is -2.19. The van der Waals surface area contributed by atoms with Crippen LogP contribution in [0.3, 0.4) is 0 Å². The van der Waals surface area contributed by atoms with Crippen LogP contribution < -0.4 is 5.32 Å². The normalized spacial score (nSPS) is 11.2. The standard InChI is InChI=1S/C28H18Cl2N2O3S/c29-20-14-21(30)16-22(15-20)32-27(33)26(18-8-2-1-3-9-18)35-28(34)23-11-5-7-13-25(23)36-24-12-6-4-10-19(24)17-31/h1-16,26H,(H,32,33). The number of benzene rings is 4. The van der Waals surface area contributed by atoms with Crippen molar-refractivity contribution >= 4 is 52.5 Å². The van der Waals surface area contributed by atoms with Crippen LogP contribution in [0.1, 0.15) is 27.6 Å². The molecule has 0 radical (unpaired) electrons. The number of ether oxygens (including phenoxy) is 1. The average Bonchev–Trinajstić information content (AvgIpc) is 2.87. The number of hydrogen-bond acceptors (Lipinski definition) is 5. The molecule has 1 N–H and O–H groups in total. The summed E-state index contributed by atoms with van der Waals surface area (Å²) in [6, 6.07) is 29.5. The maximum absolute atomic E-state index is 13.3. The van der Waals surface area contributed by atoms with Crippen LogP contribution in [-0.2, 0) is 9.53 Å². The Bertz CT molecular complexity index is 1430. The van der Waals surface area contributed by atoms with Crippen molar-refractivity contribution in [3.05, 3.63) is 124 Å². The first-order valence-electron chi connectivity index (χ1n) is 10.7. The van der Waals surface area contributed by atoms with Gasteiger partial charge < -0.3 is 10.1 Å². The third kappa shape index (κ3) is 6.27. The van der Waals surface area contributed by atoms with Crippen molar-refractivity contribution in [2.24, 2.45) is 0 Å². The zero-order valence-electron chi connectivity index (χ0n) is 18.7. The first-order chi connectivity index (χ1) is 17.4. The van der Waals surface area contributed by atoms with E-state index in [4.69, 9.17) is 27.9 Å². The molecule has 36 heavy (non-hydrogen) atoms. The zero-order chi connectivity index (χ0) is 25.5. The molecule has 8 heteroatoms. The van der Waals surface area contributed by atoms with Gasteiger partial charge in [-0.1, -0.05) is 89.6 Å². The summed E-state index contributed by atoms with van der Waals surface area (Å²) in [5.41, 5.74) is 1.64. The number of amides is 1. The number of nitrogens with zero attached hydrogens (tertiary/aromatic N) is 1. The molecular formula is C28H18Cl2N2O3S. The molecule has 0 aromatic heterocycles. The zero-order valence-corrected chi connectivity index (χ0v) is 21.0. The number of nitriles is 1. The number of anilines is 1. The third-order valence-electron chi connectivity index (χ3n) is 5.03. The Morgan fingerprint density at radius 1 is 0.833 bits per heavy atom. The minimum atomic E-state index is -1.24. The Balaban J connectivity index is 1.62. The van der Waals surface area contributed by atoms with E-state index in [1.165, 1.54) is 11.8 Å². The molecule has 0 saturated carbocycles. The van der Waals surface area contributed by atoms with Gasteiger partial charge in [-0.05, 0) is 42.5 Å². The Hall–Kier alpha value is -3.76. The smallest absolute Gasteiger partial charge is 0.340 e. The van der Waals surface area contributed by atoms with Crippen LogP contribution in [0.4, 0.5) is 5.69 Å². The van der Waals surface area contributed by atoms with E-state index in [1.807, 2.05) is 12.1 Å². The summed E-state index contributed by atoms with van der Waals surface area (Å²) in [5, 5.41) is 12.9. The predicted molar refractivity (Wildman–Crippen MR) is 141 cm³/mol. The van der Waals surface area contributed by atoms with Crippen LogP contribution in [-0.4, -0.2) is 11.9 Å². The number of halogens is 2. The first kappa shape index (κ1) is 25.3. The Labute approximate surface area is 222 Å². The second-order valence-electron chi connectivity index (χ2n) is 7.55. The minimum Gasteiger partial charge on any atom is -0.444 e. The first-order valence-corrected chi connectivity index (χ1v) is 12.3. The van der Waals surface area contributed by atoms with E-state index < -0.39 is 18.0 Å². The molecule has 0 fully saturated rings. The molecule has 1 unspecified atom stereocenters. The molecule has 0 saturated heterocycles. The number of esters is 1. The molecule has 0 bridgehead atoms. The van der Waals surface area contributed by atoms with Crippen molar-refractivity contribution in [1.82, 2.24) is 0 Å². The van der Waals surface area contributed by atoms with Crippen LogP contribution in [0.15, 0.2) is 107 Å². The summed E-state index contributed by atoms with van der Waals surface area (Å²) in [5.74, 6) is -1.24. The molecule has 0 aliphatic rings. The van der Waals surface area contributed by atoms with Crippen LogP contribution in [0, 0.1) is 11.3 Å². The van der Waals surface area contributed by atoms with Crippen molar-refractivity contribution in [3.8, 4) is 6.07 Å². The monoisotopic (exact) mass is 532 g/mol. The van der Waals surface area contributed by atoms with E-state index >= 15 is 0 Å². The molecule has 5 nitrogen and oxygen atoms in total. The highest BCUT2D eigenvalue weighted by Gasteiger charge is 2.27. The van der Waals surface area contributed by atoms with Gasteiger partial charge in [0.15, 0.2) is 0 Å². The van der Waals surface area contributed by atoms with Gasteiger partial charge in [0.1, 0.15) is 6.07 Å². The van der Waals surface area contributed by atoms with Crippen LogP contribution in [0.5, 0.6) is 0 Å². The molecule has 178 valence electrons. The second kappa shape index (κ2) is 11.8. The Kier molecular flexibility index (Phi) is 8.29. The maximum Gasteiger partial charge on any atom is 0.340 e. The second-order valence-corrected chi connectivity index (χ2v) is 9.51. The highest BCUT2D eigenvalue weighted by molar-refractivity contribution is 7.99. The largest absolute Gasteiger partial charge is 0.444 e. The fraction of sp³-hybridized carbons (Fsp3) is 0.0357. The van der Waals surface area contributed by atoms with Gasteiger partial charge in [0, 0.05) is 31.1 Å². The lowest BCUT2D eigenvalue weighted by Crippen LogP contribution is -2.26. The number of hydrogen-bond donors (Lipinski definition) is 1. The van der Waals surface area contributed by atoms with E-state index in [2.05, 4.69) is 11.4 Å². The predicted octanol–water partition coefficient (Wildman–Crippen LogP) is 7.55. The fourth-order valence-electron chi connectivity index (χ4n) is 3.40. The summed E-state index contributed by atoms with van der Waals surface area (Å²) in [4.78, 5) is 27.9. The van der Waals surface area contributed by atoms with Gasteiger partial charge in [0.05, 0.1) is 11.1 Å². The Morgan fingerprint density at radius 3 is 2.14 bits per heavy atom. The molecule has 0 aliphatic carbocycles. The Morgan fingerprint density at radius 2 is 1.44 bits per heavy atom. The lowest BCUT2D eigenvalue weighted by atomic mass is 10.1. The highest BCUT2D eigenvalue weighted by Crippen LogP contribution is 2.34. The van der Waals surface area contributed by atoms with Crippen molar-refractivity contribution < 1.29 is 14.3 Å². The highest BCUT2D eigenvalue weighted by atomic mass is 35.5. The quantitative estimate of drug-likeness (QED) is 0.248. The molecule has 4 rings (SSSR count).